The van der Waals surface area contributed by atoms with E-state index in [0.717, 1.165) is 35.7 Å². The first kappa shape index (κ1) is 18.3. The van der Waals surface area contributed by atoms with Crippen LogP contribution in [0.25, 0.3) is 0 Å². The molecule has 1 heterocycles. The molecule has 4 nitrogen and oxygen atoms in total. The van der Waals surface area contributed by atoms with Crippen molar-refractivity contribution >= 4 is 24.0 Å². The number of hydrogen-bond donors (Lipinski definition) is 2. The van der Waals surface area contributed by atoms with E-state index in [9.17, 15) is 4.79 Å². The number of ether oxygens (including phenoxy) is 1. The number of rotatable bonds is 5. The fraction of sp³-hybridized carbons (Fsp3) is 0.316. The number of benzene rings is 2. The molecule has 0 bridgehead atoms. The molecule has 5 heteroatoms. The maximum atomic E-state index is 12.8. The van der Waals surface area contributed by atoms with E-state index in [1.54, 1.807) is 0 Å². The zero-order valence-corrected chi connectivity index (χ0v) is 14.6. The minimum absolute atomic E-state index is 0. The van der Waals surface area contributed by atoms with Crippen LogP contribution in [-0.2, 0) is 11.3 Å². The van der Waals surface area contributed by atoms with Gasteiger partial charge in [0.25, 0.3) is 0 Å². The first-order valence-electron chi connectivity index (χ1n) is 8.10. The third kappa shape index (κ3) is 4.08. The van der Waals surface area contributed by atoms with Gasteiger partial charge in [-0.1, -0.05) is 43.3 Å². The highest BCUT2D eigenvalue weighted by Gasteiger charge is 2.27. The molecule has 1 aliphatic heterocycles. The highest BCUT2D eigenvalue weighted by atomic mass is 35.5. The van der Waals surface area contributed by atoms with Crippen molar-refractivity contribution in [1.82, 2.24) is 5.32 Å². The second-order valence-corrected chi connectivity index (χ2v) is 5.65. The summed E-state index contributed by atoms with van der Waals surface area (Å²) in [7, 11) is 0. The van der Waals surface area contributed by atoms with Gasteiger partial charge in [-0.25, -0.2) is 0 Å². The molecular formula is C19H23ClN2O2. The molecule has 1 unspecified atom stereocenters. The number of fused-ring (bicyclic) bond motifs is 1. The molecule has 0 saturated carbocycles. The van der Waals surface area contributed by atoms with Crippen molar-refractivity contribution in [3.05, 3.63) is 59.7 Å². The van der Waals surface area contributed by atoms with Gasteiger partial charge in [-0.2, -0.15) is 0 Å². The van der Waals surface area contributed by atoms with E-state index in [0.29, 0.717) is 13.0 Å². The number of carbonyl (C=O) groups excluding carboxylic acids is 1. The van der Waals surface area contributed by atoms with Crippen molar-refractivity contribution in [1.29, 1.82) is 0 Å². The highest BCUT2D eigenvalue weighted by molar-refractivity contribution is 5.97. The van der Waals surface area contributed by atoms with Gasteiger partial charge in [0.2, 0.25) is 5.91 Å². The second-order valence-electron chi connectivity index (χ2n) is 5.65. The maximum absolute atomic E-state index is 12.8. The van der Waals surface area contributed by atoms with E-state index >= 15 is 0 Å². The molecule has 0 aromatic heterocycles. The molecule has 2 N–H and O–H groups in total. The molecule has 1 aliphatic rings. The molecule has 24 heavy (non-hydrogen) atoms. The Labute approximate surface area is 149 Å². The second kappa shape index (κ2) is 8.71. The van der Waals surface area contributed by atoms with Crippen molar-refractivity contribution in [3.63, 3.8) is 0 Å². The van der Waals surface area contributed by atoms with Crippen LogP contribution in [0.1, 0.15) is 30.4 Å². The highest BCUT2D eigenvalue weighted by Crippen LogP contribution is 2.34. The summed E-state index contributed by atoms with van der Waals surface area (Å²) in [6.07, 6.45) is 0.707. The van der Waals surface area contributed by atoms with Gasteiger partial charge in [0.1, 0.15) is 5.75 Å². The molecule has 0 fully saturated rings. The predicted molar refractivity (Wildman–Crippen MR) is 99.0 cm³/mol. The summed E-state index contributed by atoms with van der Waals surface area (Å²) in [5, 5.41) is 6.40. The lowest BCUT2D eigenvalue weighted by Crippen LogP contribution is -2.27. The van der Waals surface area contributed by atoms with Gasteiger partial charge in [-0.05, 0) is 30.7 Å². The van der Waals surface area contributed by atoms with Crippen LogP contribution in [-0.4, -0.2) is 19.1 Å². The van der Waals surface area contributed by atoms with E-state index in [4.69, 9.17) is 4.74 Å². The van der Waals surface area contributed by atoms with Gasteiger partial charge in [-0.3, -0.25) is 4.79 Å². The number of amides is 1. The third-order valence-electron chi connectivity index (χ3n) is 4.12. The van der Waals surface area contributed by atoms with Crippen LogP contribution in [0.3, 0.4) is 0 Å². The van der Waals surface area contributed by atoms with Crippen molar-refractivity contribution < 1.29 is 9.53 Å². The summed E-state index contributed by atoms with van der Waals surface area (Å²) < 4.78 is 5.64. The lowest BCUT2D eigenvalue weighted by molar-refractivity contribution is -0.118. The Bertz CT molecular complexity index is 691. The number of carbonyl (C=O) groups is 1. The van der Waals surface area contributed by atoms with Gasteiger partial charge >= 0.3 is 0 Å². The Morgan fingerprint density at radius 3 is 2.75 bits per heavy atom. The Morgan fingerprint density at radius 1 is 1.17 bits per heavy atom. The quantitative estimate of drug-likeness (QED) is 0.867. The largest absolute Gasteiger partial charge is 0.493 e. The molecule has 0 radical (unpaired) electrons. The van der Waals surface area contributed by atoms with Crippen LogP contribution in [0.4, 0.5) is 5.69 Å². The normalized spacial score (nSPS) is 15.6. The Hall–Kier alpha value is -2.04. The first-order valence-corrected chi connectivity index (χ1v) is 8.10. The van der Waals surface area contributed by atoms with Crippen LogP contribution < -0.4 is 15.4 Å². The van der Waals surface area contributed by atoms with Crippen molar-refractivity contribution in [2.75, 3.05) is 18.5 Å². The summed E-state index contributed by atoms with van der Waals surface area (Å²) >= 11 is 0. The smallest absolute Gasteiger partial charge is 0.232 e. The van der Waals surface area contributed by atoms with Gasteiger partial charge in [0.15, 0.2) is 0 Å². The molecule has 1 atom stereocenters. The fourth-order valence-electron chi connectivity index (χ4n) is 2.89. The van der Waals surface area contributed by atoms with E-state index in [2.05, 4.69) is 17.6 Å². The number of nitrogens with one attached hydrogen (secondary N) is 2. The van der Waals surface area contributed by atoms with Gasteiger partial charge in [0.05, 0.1) is 12.5 Å². The number of para-hydroxylation sites is 2. The van der Waals surface area contributed by atoms with Crippen molar-refractivity contribution in [3.8, 4) is 5.75 Å². The van der Waals surface area contributed by atoms with Gasteiger partial charge < -0.3 is 15.4 Å². The molecule has 3 rings (SSSR count). The summed E-state index contributed by atoms with van der Waals surface area (Å²) in [4.78, 5) is 12.8. The Morgan fingerprint density at radius 2 is 1.92 bits per heavy atom. The van der Waals surface area contributed by atoms with Crippen LogP contribution in [0.2, 0.25) is 0 Å². The lowest BCUT2D eigenvalue weighted by atomic mass is 9.92. The molecule has 0 spiro atoms. The monoisotopic (exact) mass is 346 g/mol. The van der Waals surface area contributed by atoms with Gasteiger partial charge in [-0.15, -0.1) is 12.4 Å². The molecule has 0 saturated heterocycles. The van der Waals surface area contributed by atoms with Crippen LogP contribution >= 0.6 is 12.4 Å². The minimum Gasteiger partial charge on any atom is -0.493 e. The zero-order valence-electron chi connectivity index (χ0n) is 13.7. The van der Waals surface area contributed by atoms with Crippen LogP contribution in [0.15, 0.2) is 48.5 Å². The molecular weight excluding hydrogens is 324 g/mol. The predicted octanol–water partition coefficient (Wildman–Crippen LogP) is 3.72. The van der Waals surface area contributed by atoms with E-state index in [-0.39, 0.29) is 24.2 Å². The summed E-state index contributed by atoms with van der Waals surface area (Å²) in [5.41, 5.74) is 2.95. The maximum Gasteiger partial charge on any atom is 0.232 e. The SMILES string of the molecule is CCNCc1ccccc1NC(=O)C1CCOc2ccccc21.Cl. The van der Waals surface area contributed by atoms with Gasteiger partial charge in [0, 0.05) is 17.8 Å². The van der Waals surface area contributed by atoms with E-state index in [1.165, 1.54) is 0 Å². The number of anilines is 1. The first-order chi connectivity index (χ1) is 11.3. The lowest BCUT2D eigenvalue weighted by Gasteiger charge is -2.25. The fourth-order valence-corrected chi connectivity index (χ4v) is 2.89. The van der Waals surface area contributed by atoms with Crippen LogP contribution in [0, 0.1) is 0 Å². The average Bonchev–Trinajstić information content (AvgIpc) is 2.60. The molecule has 1 amide bonds. The van der Waals surface area contributed by atoms with Crippen molar-refractivity contribution in [2.24, 2.45) is 0 Å². The molecule has 2 aromatic carbocycles. The average molecular weight is 347 g/mol. The summed E-state index contributed by atoms with van der Waals surface area (Å²) in [5.74, 6) is 0.691. The molecule has 2 aromatic rings. The molecule has 0 aliphatic carbocycles. The topological polar surface area (TPSA) is 50.4 Å². The Balaban J connectivity index is 0.00000208. The minimum atomic E-state index is -0.160. The van der Waals surface area contributed by atoms with Crippen LogP contribution in [0.5, 0.6) is 5.75 Å². The Kier molecular flexibility index (Phi) is 6.64. The number of halogens is 1. The van der Waals surface area contributed by atoms with Crippen molar-refractivity contribution in [2.45, 2.75) is 25.8 Å². The summed E-state index contributed by atoms with van der Waals surface area (Å²) in [6, 6.07) is 15.7. The number of hydrogen-bond acceptors (Lipinski definition) is 3. The zero-order chi connectivity index (χ0) is 16.1. The standard InChI is InChI=1S/C19H22N2O2.ClH/c1-2-20-13-14-7-3-5-9-17(14)21-19(22)16-11-12-23-18-10-6-4-8-15(16)18;/h3-10,16,20H,2,11-13H2,1H3,(H,21,22);1H. The molecule has 128 valence electrons. The van der Waals surface area contributed by atoms with E-state index < -0.39 is 0 Å². The van der Waals surface area contributed by atoms with E-state index in [1.807, 2.05) is 48.5 Å². The summed E-state index contributed by atoms with van der Waals surface area (Å²) in [6.45, 7) is 4.29. The third-order valence-corrected chi connectivity index (χ3v) is 4.12.